The van der Waals surface area contributed by atoms with Gasteiger partial charge in [-0.1, -0.05) is 18.2 Å². The second kappa shape index (κ2) is 12.0. The van der Waals surface area contributed by atoms with Crippen molar-refractivity contribution in [2.75, 3.05) is 38.3 Å². The van der Waals surface area contributed by atoms with Gasteiger partial charge in [-0.25, -0.2) is 19.3 Å². The number of nitrogens with one attached hydrogen (secondary N) is 2. The number of aromatic amines is 1. The van der Waals surface area contributed by atoms with Gasteiger partial charge in [0.15, 0.2) is 17.5 Å². The van der Waals surface area contributed by atoms with Gasteiger partial charge in [0.25, 0.3) is 5.91 Å². The van der Waals surface area contributed by atoms with Crippen LogP contribution in [0.3, 0.4) is 0 Å². The molecule has 10 heteroatoms. The van der Waals surface area contributed by atoms with Gasteiger partial charge in [0.05, 0.1) is 19.9 Å². The number of H-pyrrole nitrogens is 1. The monoisotopic (exact) mass is 556 g/mol. The molecule has 1 saturated heterocycles. The van der Waals surface area contributed by atoms with E-state index in [-0.39, 0.29) is 11.8 Å². The minimum Gasteiger partial charge on any atom is -0.497 e. The number of anilines is 1. The molecule has 1 aliphatic carbocycles. The Kier molecular flexibility index (Phi) is 7.80. The molecule has 1 saturated carbocycles. The molecule has 2 aromatic heterocycles. The molecule has 0 unspecified atom stereocenters. The van der Waals surface area contributed by atoms with Gasteiger partial charge in [-0.3, -0.25) is 4.79 Å². The summed E-state index contributed by atoms with van der Waals surface area (Å²) in [5.41, 5.74) is 2.21. The molecular formula is C31H33FN6O3. The van der Waals surface area contributed by atoms with Crippen LogP contribution in [0, 0.1) is 17.7 Å². The Balaban J connectivity index is 1.06. The third kappa shape index (κ3) is 6.48. The summed E-state index contributed by atoms with van der Waals surface area (Å²) >= 11 is 0. The number of hydrogen-bond acceptors (Lipinski definition) is 7. The number of nitrogens with zero attached hydrogens (tertiary/aromatic N) is 4. The zero-order valence-electron chi connectivity index (χ0n) is 23.0. The number of ether oxygens (including phenoxy) is 2. The van der Waals surface area contributed by atoms with Gasteiger partial charge in [0.2, 0.25) is 0 Å². The van der Waals surface area contributed by atoms with Crippen LogP contribution in [0.25, 0.3) is 22.8 Å². The Morgan fingerprint density at radius 1 is 1.05 bits per heavy atom. The standard InChI is InChI=1S/C31H33FN6O3/c1-40-25-14-24(15-26(16-25)41-19-21-5-6-21)31(39)36-17-20-7-11-38(12-8-20)30-27(32)18-35-29(37-30)23-4-2-3-22(13-23)28-33-9-10-34-28/h2-4,9-10,13-16,18,20-21H,5-8,11-12,17,19H2,1H3,(H,33,34)(H,36,39). The molecule has 41 heavy (non-hydrogen) atoms. The zero-order valence-corrected chi connectivity index (χ0v) is 23.0. The highest BCUT2D eigenvalue weighted by Crippen LogP contribution is 2.31. The third-order valence-electron chi connectivity index (χ3n) is 7.64. The van der Waals surface area contributed by atoms with Crippen molar-refractivity contribution in [1.82, 2.24) is 25.3 Å². The Hall–Kier alpha value is -4.47. The lowest BCUT2D eigenvalue weighted by Crippen LogP contribution is -2.39. The first kappa shape index (κ1) is 26.7. The lowest BCUT2D eigenvalue weighted by atomic mass is 9.96. The van der Waals surface area contributed by atoms with Crippen LogP contribution in [0.5, 0.6) is 11.5 Å². The smallest absolute Gasteiger partial charge is 0.251 e. The number of imidazole rings is 1. The van der Waals surface area contributed by atoms with E-state index in [1.54, 1.807) is 31.6 Å². The van der Waals surface area contributed by atoms with E-state index >= 15 is 0 Å². The average molecular weight is 557 g/mol. The number of carbonyl (C=O) groups excluding carboxylic acids is 1. The number of hydrogen-bond donors (Lipinski definition) is 2. The Labute approximate surface area is 238 Å². The summed E-state index contributed by atoms with van der Waals surface area (Å²) in [6, 6.07) is 13.0. The largest absolute Gasteiger partial charge is 0.497 e. The van der Waals surface area contributed by atoms with Crippen LogP contribution >= 0.6 is 0 Å². The molecule has 9 nitrogen and oxygen atoms in total. The Bertz CT molecular complexity index is 1500. The first-order valence-corrected chi connectivity index (χ1v) is 14.0. The molecule has 0 atom stereocenters. The van der Waals surface area contributed by atoms with Crippen molar-refractivity contribution >= 4 is 11.7 Å². The number of carbonyl (C=O) groups is 1. The topological polar surface area (TPSA) is 105 Å². The lowest BCUT2D eigenvalue weighted by Gasteiger charge is -2.33. The molecule has 6 rings (SSSR count). The molecule has 2 N–H and O–H groups in total. The van der Waals surface area contributed by atoms with Gasteiger partial charge in [-0.05, 0) is 55.7 Å². The highest BCUT2D eigenvalue weighted by atomic mass is 19.1. The number of benzene rings is 2. The van der Waals surface area contributed by atoms with Gasteiger partial charge in [-0.2, -0.15) is 0 Å². The summed E-state index contributed by atoms with van der Waals surface area (Å²) in [6.45, 7) is 2.48. The lowest BCUT2D eigenvalue weighted by molar-refractivity contribution is 0.0944. The number of methoxy groups -OCH3 is 1. The summed E-state index contributed by atoms with van der Waals surface area (Å²) in [4.78, 5) is 31.2. The van der Waals surface area contributed by atoms with E-state index in [0.717, 1.165) is 29.8 Å². The number of rotatable bonds is 10. The fourth-order valence-corrected chi connectivity index (χ4v) is 5.04. The highest BCUT2D eigenvalue weighted by molar-refractivity contribution is 5.95. The van der Waals surface area contributed by atoms with Crippen LogP contribution in [-0.4, -0.2) is 59.2 Å². The molecular weight excluding hydrogens is 523 g/mol. The van der Waals surface area contributed by atoms with E-state index in [4.69, 9.17) is 9.47 Å². The van der Waals surface area contributed by atoms with Crippen LogP contribution in [-0.2, 0) is 0 Å². The molecule has 0 spiro atoms. The van der Waals surface area contributed by atoms with Crippen molar-refractivity contribution in [3.63, 3.8) is 0 Å². The van der Waals surface area contributed by atoms with E-state index in [2.05, 4.69) is 25.3 Å². The number of halogens is 1. The minimum absolute atomic E-state index is 0.161. The molecule has 1 aliphatic heterocycles. The Morgan fingerprint density at radius 3 is 2.61 bits per heavy atom. The van der Waals surface area contributed by atoms with Gasteiger partial charge in [0, 0.05) is 54.8 Å². The van der Waals surface area contributed by atoms with Crippen LogP contribution < -0.4 is 19.7 Å². The molecule has 0 bridgehead atoms. The molecule has 4 aromatic rings. The molecule has 1 amide bonds. The predicted octanol–water partition coefficient (Wildman–Crippen LogP) is 5.12. The van der Waals surface area contributed by atoms with E-state index in [9.17, 15) is 9.18 Å². The number of aromatic nitrogens is 4. The minimum atomic E-state index is -0.444. The summed E-state index contributed by atoms with van der Waals surface area (Å²) in [6.07, 6.45) is 8.71. The maximum Gasteiger partial charge on any atom is 0.251 e. The van der Waals surface area contributed by atoms with Crippen molar-refractivity contribution in [2.45, 2.75) is 25.7 Å². The summed E-state index contributed by atoms with van der Waals surface area (Å²) in [7, 11) is 1.58. The summed E-state index contributed by atoms with van der Waals surface area (Å²) < 4.78 is 26.1. The molecule has 2 aromatic carbocycles. The van der Waals surface area contributed by atoms with Crippen molar-refractivity contribution in [3.05, 3.63) is 72.4 Å². The molecule has 2 fully saturated rings. The molecule has 2 aliphatic rings. The van der Waals surface area contributed by atoms with Crippen molar-refractivity contribution in [2.24, 2.45) is 11.8 Å². The first-order chi connectivity index (χ1) is 20.1. The van der Waals surface area contributed by atoms with Crippen LogP contribution in [0.4, 0.5) is 10.2 Å². The van der Waals surface area contributed by atoms with Crippen molar-refractivity contribution in [3.8, 4) is 34.3 Å². The van der Waals surface area contributed by atoms with Gasteiger partial charge in [0.1, 0.15) is 17.3 Å². The zero-order chi connectivity index (χ0) is 28.2. The fraction of sp³-hybridized carbons (Fsp3) is 0.355. The van der Waals surface area contributed by atoms with Crippen molar-refractivity contribution < 1.29 is 18.7 Å². The molecule has 0 radical (unpaired) electrons. The molecule has 212 valence electrons. The highest BCUT2D eigenvalue weighted by Gasteiger charge is 2.25. The number of piperidine rings is 1. The second-order valence-corrected chi connectivity index (χ2v) is 10.7. The fourth-order valence-electron chi connectivity index (χ4n) is 5.04. The SMILES string of the molecule is COc1cc(OCC2CC2)cc(C(=O)NCC2CCN(c3nc(-c4cccc(-c5ncc[nH]5)c4)ncc3F)CC2)c1. The average Bonchev–Trinajstić information content (AvgIpc) is 3.69. The van der Waals surface area contributed by atoms with Gasteiger partial charge < -0.3 is 24.7 Å². The quantitative estimate of drug-likeness (QED) is 0.279. The summed E-state index contributed by atoms with van der Waals surface area (Å²) in [5.74, 6) is 3.04. The van der Waals surface area contributed by atoms with E-state index in [1.807, 2.05) is 35.2 Å². The normalized spacial score (nSPS) is 15.5. The number of amides is 1. The van der Waals surface area contributed by atoms with Gasteiger partial charge in [-0.15, -0.1) is 0 Å². The second-order valence-electron chi connectivity index (χ2n) is 10.7. The molecule has 3 heterocycles. The van der Waals surface area contributed by atoms with Crippen molar-refractivity contribution in [1.29, 1.82) is 0 Å². The predicted molar refractivity (Wildman–Crippen MR) is 153 cm³/mol. The van der Waals surface area contributed by atoms with E-state index in [0.29, 0.717) is 60.9 Å². The maximum absolute atomic E-state index is 14.8. The van der Waals surface area contributed by atoms with E-state index in [1.165, 1.54) is 19.0 Å². The first-order valence-electron chi connectivity index (χ1n) is 14.0. The Morgan fingerprint density at radius 2 is 1.85 bits per heavy atom. The van der Waals surface area contributed by atoms with Gasteiger partial charge >= 0.3 is 0 Å². The van der Waals surface area contributed by atoms with E-state index < -0.39 is 5.82 Å². The van der Waals surface area contributed by atoms with Crippen LogP contribution in [0.1, 0.15) is 36.0 Å². The van der Waals surface area contributed by atoms with Crippen LogP contribution in [0.2, 0.25) is 0 Å². The summed E-state index contributed by atoms with van der Waals surface area (Å²) in [5, 5.41) is 3.06. The maximum atomic E-state index is 14.8. The third-order valence-corrected chi connectivity index (χ3v) is 7.64. The van der Waals surface area contributed by atoms with Crippen LogP contribution in [0.15, 0.2) is 61.1 Å².